The van der Waals surface area contributed by atoms with E-state index < -0.39 is 0 Å². The topological polar surface area (TPSA) is 146 Å². The van der Waals surface area contributed by atoms with Gasteiger partial charge in [0, 0.05) is 63.1 Å². The maximum atomic E-state index is 12.8. The lowest BCUT2D eigenvalue weighted by molar-refractivity contribution is -0.140. The molecule has 8 nitrogen and oxygen atoms in total. The third-order valence-electron chi connectivity index (χ3n) is 17.4. The SMILES string of the molecule is Cc1cc2c(C(C)C)c(O)c(O)c(C=NCC34CC5CC(C)(CC(C)(C5)C3)C4)c2c(O)c1-c1c(C)cc2c(C(C)C)c(O)c(O)c(C=NC34CC5CC(C)(CC(C)(C5)C3)C4)c2c1O. The Bertz CT molecular complexity index is 2670. The van der Waals surface area contributed by atoms with Gasteiger partial charge < -0.3 is 30.6 Å². The van der Waals surface area contributed by atoms with Crippen molar-refractivity contribution in [3.63, 3.8) is 0 Å². The van der Waals surface area contributed by atoms with Crippen LogP contribution in [-0.2, 0) is 0 Å². The summed E-state index contributed by atoms with van der Waals surface area (Å²) in [5, 5.41) is 74.6. The van der Waals surface area contributed by atoms with E-state index in [0.717, 1.165) is 38.5 Å². The molecule has 336 valence electrons. The van der Waals surface area contributed by atoms with E-state index in [2.05, 4.69) is 27.7 Å². The Hall–Kier alpha value is -4.46. The minimum absolute atomic E-state index is 0.0873. The fraction of sp³-hybridized carbons (Fsp3) is 0.600. The van der Waals surface area contributed by atoms with Crippen LogP contribution < -0.4 is 0 Å². The van der Waals surface area contributed by atoms with E-state index in [1.807, 2.05) is 53.7 Å². The smallest absolute Gasteiger partial charge is 0.167 e. The molecule has 4 unspecified atom stereocenters. The van der Waals surface area contributed by atoms with E-state index in [1.165, 1.54) is 38.5 Å². The molecule has 4 aromatic rings. The maximum absolute atomic E-state index is 12.8. The highest BCUT2D eigenvalue weighted by Crippen LogP contribution is 2.70. The molecule has 4 aromatic carbocycles. The lowest BCUT2D eigenvalue weighted by Crippen LogP contribution is -2.57. The van der Waals surface area contributed by atoms with E-state index >= 15 is 0 Å². The summed E-state index contributed by atoms with van der Waals surface area (Å²) < 4.78 is 0. The van der Waals surface area contributed by atoms with Crippen LogP contribution in [-0.4, -0.2) is 55.2 Å². The molecule has 63 heavy (non-hydrogen) atoms. The van der Waals surface area contributed by atoms with Crippen LogP contribution in [0.1, 0.15) is 178 Å². The summed E-state index contributed by atoms with van der Waals surface area (Å²) in [6.45, 7) is 21.9. The normalized spacial score (nSPS) is 34.4. The summed E-state index contributed by atoms with van der Waals surface area (Å²) >= 11 is 0. The molecule has 8 aliphatic rings. The molecule has 0 aliphatic heterocycles. The number of nitrogens with zero attached hydrogens (tertiary/aromatic N) is 2. The summed E-state index contributed by atoms with van der Waals surface area (Å²) in [6, 6.07) is 3.87. The third kappa shape index (κ3) is 6.40. The molecule has 0 heterocycles. The van der Waals surface area contributed by atoms with Crippen LogP contribution in [0.4, 0.5) is 0 Å². The Morgan fingerprint density at radius 2 is 0.952 bits per heavy atom. The lowest BCUT2D eigenvalue weighted by atomic mass is 9.40. The molecule has 8 aliphatic carbocycles. The number of phenolic OH excluding ortho intramolecular Hbond substituents is 6. The number of rotatable bonds is 8. The summed E-state index contributed by atoms with van der Waals surface area (Å²) in [7, 11) is 0. The molecule has 6 N–H and O–H groups in total. The van der Waals surface area contributed by atoms with Gasteiger partial charge in [-0.2, -0.15) is 0 Å². The average molecular weight is 855 g/mol. The first-order chi connectivity index (χ1) is 29.4. The van der Waals surface area contributed by atoms with Gasteiger partial charge in [-0.25, -0.2) is 0 Å². The molecule has 0 radical (unpaired) electrons. The number of hydrogen-bond acceptors (Lipinski definition) is 8. The average Bonchev–Trinajstić information content (AvgIpc) is 3.11. The number of fused-ring (bicyclic) bond motifs is 2. The zero-order valence-electron chi connectivity index (χ0n) is 39.4. The molecule has 12 rings (SSSR count). The Labute approximate surface area is 373 Å². The second-order valence-corrected chi connectivity index (χ2v) is 24.8. The molecule has 8 fully saturated rings. The van der Waals surface area contributed by atoms with Crippen LogP contribution in [0.25, 0.3) is 32.7 Å². The number of hydrogen-bond donors (Lipinski definition) is 6. The molecule has 4 atom stereocenters. The van der Waals surface area contributed by atoms with E-state index in [4.69, 9.17) is 9.98 Å². The van der Waals surface area contributed by atoms with Gasteiger partial charge in [-0.05, 0) is 164 Å². The van der Waals surface area contributed by atoms with Crippen molar-refractivity contribution in [3.05, 3.63) is 45.5 Å². The summed E-state index contributed by atoms with van der Waals surface area (Å²) in [5.74, 6) is -0.390. The van der Waals surface area contributed by atoms with Crippen molar-refractivity contribution in [1.29, 1.82) is 0 Å². The fourth-order valence-electron chi connectivity index (χ4n) is 17.5. The van der Waals surface area contributed by atoms with Crippen LogP contribution in [0.3, 0.4) is 0 Å². The van der Waals surface area contributed by atoms with Gasteiger partial charge in [0.2, 0.25) is 0 Å². The van der Waals surface area contributed by atoms with Gasteiger partial charge in [0.05, 0.1) is 5.54 Å². The van der Waals surface area contributed by atoms with Gasteiger partial charge in [-0.15, -0.1) is 0 Å². The van der Waals surface area contributed by atoms with E-state index in [-0.39, 0.29) is 79.2 Å². The van der Waals surface area contributed by atoms with E-state index in [1.54, 1.807) is 12.4 Å². The van der Waals surface area contributed by atoms with Crippen molar-refractivity contribution < 1.29 is 30.6 Å². The highest BCUT2D eigenvalue weighted by Gasteiger charge is 2.61. The van der Waals surface area contributed by atoms with Crippen LogP contribution in [0.15, 0.2) is 22.1 Å². The number of benzene rings is 4. The molecule has 8 saturated carbocycles. The summed E-state index contributed by atoms with van der Waals surface area (Å²) in [5.41, 5.74) is 4.56. The molecule has 0 spiro atoms. The second-order valence-electron chi connectivity index (χ2n) is 24.8. The molecular formula is C55H70N2O6. The second kappa shape index (κ2) is 13.5. The van der Waals surface area contributed by atoms with Crippen molar-refractivity contribution in [1.82, 2.24) is 0 Å². The van der Waals surface area contributed by atoms with E-state index in [0.29, 0.717) is 84.1 Å². The maximum Gasteiger partial charge on any atom is 0.167 e. The predicted molar refractivity (Wildman–Crippen MR) is 255 cm³/mol. The third-order valence-corrected chi connectivity index (χ3v) is 17.4. The summed E-state index contributed by atoms with van der Waals surface area (Å²) in [6.07, 6.45) is 17.2. The first-order valence-electron chi connectivity index (χ1n) is 23.9. The standard InChI is InChI=1S/C55H70N2O6/c1-28(2)38-34-11-30(5)40(46(60)42(34)36(44(58)48(38)62)19-56-27-54-17-32-13-50(7,23-54)21-51(8,14-32)24-54)41-31(6)12-35-39(29(3)4)49(63)45(59)37(43(35)47(41)61)20-57-55-18-33-15-52(9,25-55)22-53(10,16-33)26-55/h11-12,19-20,28-29,32-33,58-63H,13-18,21-27H2,1-10H3. The minimum atomic E-state index is -0.322. The van der Waals surface area contributed by atoms with Gasteiger partial charge in [-0.1, -0.05) is 67.5 Å². The van der Waals surface area contributed by atoms with Gasteiger partial charge in [0.15, 0.2) is 23.0 Å². The Morgan fingerprint density at radius 1 is 0.540 bits per heavy atom. The van der Waals surface area contributed by atoms with Crippen LogP contribution >= 0.6 is 0 Å². The van der Waals surface area contributed by atoms with Crippen LogP contribution in [0, 0.1) is 52.8 Å². The van der Waals surface area contributed by atoms with Crippen molar-refractivity contribution in [3.8, 4) is 45.6 Å². The highest BCUT2D eigenvalue weighted by molar-refractivity contribution is 6.15. The zero-order chi connectivity index (χ0) is 45.1. The van der Waals surface area contributed by atoms with E-state index in [9.17, 15) is 30.6 Å². The quantitative estimate of drug-likeness (QED) is 0.0768. The number of aliphatic imine (C=N–C) groups is 2. The first-order valence-corrected chi connectivity index (χ1v) is 23.9. The number of aromatic hydroxyl groups is 6. The van der Waals surface area contributed by atoms with Crippen molar-refractivity contribution in [2.24, 2.45) is 48.9 Å². The molecule has 0 aromatic heterocycles. The number of phenols is 6. The predicted octanol–water partition coefficient (Wildman–Crippen LogP) is 13.3. The van der Waals surface area contributed by atoms with Crippen molar-refractivity contribution in [2.45, 2.75) is 164 Å². The molecular weight excluding hydrogens is 785 g/mol. The van der Waals surface area contributed by atoms with Gasteiger partial charge >= 0.3 is 0 Å². The molecule has 0 saturated heterocycles. The molecule has 0 amide bonds. The fourth-order valence-corrected chi connectivity index (χ4v) is 17.5. The largest absolute Gasteiger partial charge is 0.507 e. The lowest BCUT2D eigenvalue weighted by Gasteiger charge is -2.65. The van der Waals surface area contributed by atoms with Gasteiger partial charge in [-0.3, -0.25) is 9.98 Å². The monoisotopic (exact) mass is 855 g/mol. The minimum Gasteiger partial charge on any atom is -0.507 e. The van der Waals surface area contributed by atoms with Crippen molar-refractivity contribution >= 4 is 34.0 Å². The van der Waals surface area contributed by atoms with Crippen LogP contribution in [0.5, 0.6) is 34.5 Å². The van der Waals surface area contributed by atoms with Gasteiger partial charge in [0.25, 0.3) is 0 Å². The number of aryl methyl sites for hydroxylation is 2. The Morgan fingerprint density at radius 3 is 1.37 bits per heavy atom. The molecule has 8 heteroatoms. The zero-order valence-corrected chi connectivity index (χ0v) is 39.4. The first kappa shape index (κ1) is 42.5. The summed E-state index contributed by atoms with van der Waals surface area (Å²) in [4.78, 5) is 10.5. The van der Waals surface area contributed by atoms with Crippen molar-refractivity contribution in [2.75, 3.05) is 6.54 Å². The Balaban J connectivity index is 1.15. The van der Waals surface area contributed by atoms with Crippen LogP contribution in [0.2, 0.25) is 0 Å². The molecule has 8 bridgehead atoms. The van der Waals surface area contributed by atoms with Gasteiger partial charge in [0.1, 0.15) is 11.5 Å². The highest BCUT2D eigenvalue weighted by atomic mass is 16.3. The Kier molecular flexibility index (Phi) is 9.13.